The van der Waals surface area contributed by atoms with E-state index < -0.39 is 0 Å². The Morgan fingerprint density at radius 2 is 2.19 bits per heavy atom. The van der Waals surface area contributed by atoms with Gasteiger partial charge >= 0.3 is 6.09 Å². The van der Waals surface area contributed by atoms with Crippen molar-refractivity contribution in [1.29, 1.82) is 0 Å². The van der Waals surface area contributed by atoms with E-state index in [4.69, 9.17) is 4.74 Å². The highest BCUT2D eigenvalue weighted by atomic mass is 16.6. The second-order valence-electron chi connectivity index (χ2n) is 5.35. The van der Waals surface area contributed by atoms with E-state index in [1.165, 1.54) is 0 Å². The number of carbonyl (C=O) groups is 1. The van der Waals surface area contributed by atoms with Gasteiger partial charge in [-0.2, -0.15) is 0 Å². The second-order valence-corrected chi connectivity index (χ2v) is 5.35. The molecule has 4 heteroatoms. The monoisotopic (exact) mass is 228 g/mol. The molecule has 1 aliphatic heterocycles. The summed E-state index contributed by atoms with van der Waals surface area (Å²) in [7, 11) is 0. The van der Waals surface area contributed by atoms with Crippen LogP contribution in [0.25, 0.3) is 0 Å². The van der Waals surface area contributed by atoms with E-state index in [0.717, 1.165) is 13.1 Å². The maximum Gasteiger partial charge on any atom is 0.410 e. The molecule has 0 aliphatic carbocycles. The van der Waals surface area contributed by atoms with Crippen LogP contribution in [0.15, 0.2) is 0 Å². The van der Waals surface area contributed by atoms with Gasteiger partial charge in [0.1, 0.15) is 0 Å². The molecule has 1 atom stereocenters. The Morgan fingerprint density at radius 3 is 2.69 bits per heavy atom. The Balaban J connectivity index is 2.72. The summed E-state index contributed by atoms with van der Waals surface area (Å²) in [5, 5.41) is 3.49. The number of hydrogen-bond acceptors (Lipinski definition) is 3. The lowest BCUT2D eigenvalue weighted by atomic mass is 9.93. The summed E-state index contributed by atoms with van der Waals surface area (Å²) < 4.78 is 5.10. The topological polar surface area (TPSA) is 41.6 Å². The van der Waals surface area contributed by atoms with E-state index in [0.29, 0.717) is 18.6 Å². The van der Waals surface area contributed by atoms with Crippen LogP contribution in [-0.2, 0) is 4.74 Å². The van der Waals surface area contributed by atoms with Crippen molar-refractivity contribution in [2.45, 2.75) is 46.2 Å². The Labute approximate surface area is 98.3 Å². The highest BCUT2D eigenvalue weighted by Crippen LogP contribution is 2.22. The number of piperazine rings is 1. The van der Waals surface area contributed by atoms with Gasteiger partial charge in [0, 0.05) is 19.1 Å². The van der Waals surface area contributed by atoms with Gasteiger partial charge in [0.05, 0.1) is 12.1 Å². The van der Waals surface area contributed by atoms with Crippen LogP contribution in [0.4, 0.5) is 4.79 Å². The van der Waals surface area contributed by atoms with Gasteiger partial charge in [-0.05, 0) is 26.7 Å². The molecule has 94 valence electrons. The Bertz CT molecular complexity index is 251. The van der Waals surface area contributed by atoms with Crippen LogP contribution in [0.5, 0.6) is 0 Å². The van der Waals surface area contributed by atoms with E-state index in [1.54, 1.807) is 0 Å². The summed E-state index contributed by atoms with van der Waals surface area (Å²) in [6.07, 6.45) is -0.195. The van der Waals surface area contributed by atoms with Crippen molar-refractivity contribution in [3.8, 4) is 0 Å². The normalized spacial score (nSPS) is 24.6. The van der Waals surface area contributed by atoms with Gasteiger partial charge in [-0.15, -0.1) is 0 Å². The molecule has 1 N–H and O–H groups in total. The van der Waals surface area contributed by atoms with E-state index in [2.05, 4.69) is 33.0 Å². The molecule has 4 nitrogen and oxygen atoms in total. The highest BCUT2D eigenvalue weighted by Gasteiger charge is 2.38. The fourth-order valence-electron chi connectivity index (χ4n) is 1.95. The van der Waals surface area contributed by atoms with Crippen LogP contribution in [0.1, 0.15) is 34.6 Å². The third-order valence-corrected chi connectivity index (χ3v) is 3.20. The van der Waals surface area contributed by atoms with Crippen molar-refractivity contribution in [1.82, 2.24) is 10.2 Å². The first-order chi connectivity index (χ1) is 7.38. The van der Waals surface area contributed by atoms with E-state index in [1.807, 2.05) is 11.8 Å². The fraction of sp³-hybridized carbons (Fsp3) is 0.917. The molecule has 0 aromatic rings. The molecule has 0 saturated carbocycles. The quantitative estimate of drug-likeness (QED) is 0.784. The van der Waals surface area contributed by atoms with Crippen molar-refractivity contribution in [2.24, 2.45) is 5.92 Å². The van der Waals surface area contributed by atoms with Crippen LogP contribution in [0.3, 0.4) is 0 Å². The first kappa shape index (κ1) is 13.3. The molecule has 1 rings (SSSR count). The van der Waals surface area contributed by atoms with Crippen LogP contribution >= 0.6 is 0 Å². The highest BCUT2D eigenvalue weighted by molar-refractivity contribution is 5.69. The zero-order chi connectivity index (χ0) is 12.3. The van der Waals surface area contributed by atoms with Crippen molar-refractivity contribution < 1.29 is 9.53 Å². The molecule has 1 fully saturated rings. The van der Waals surface area contributed by atoms with E-state index >= 15 is 0 Å². The first-order valence-corrected chi connectivity index (χ1v) is 6.06. The predicted octanol–water partition coefficient (Wildman–Crippen LogP) is 1.85. The van der Waals surface area contributed by atoms with Crippen LogP contribution in [0, 0.1) is 5.92 Å². The average molecular weight is 228 g/mol. The predicted molar refractivity (Wildman–Crippen MR) is 64.4 cm³/mol. The number of nitrogens with one attached hydrogen (secondary N) is 1. The van der Waals surface area contributed by atoms with Crippen molar-refractivity contribution >= 4 is 6.09 Å². The number of rotatable bonds is 2. The summed E-state index contributed by atoms with van der Waals surface area (Å²) in [5.74, 6) is 0.521. The minimum Gasteiger partial charge on any atom is -0.450 e. The standard InChI is InChI=1S/C12H24N2O2/c1-6-16-11(15)14-7-10(9(2)3)13-8-12(14,4)5/h9-10,13H,6-8H2,1-5H3. The number of ether oxygens (including phenoxy) is 1. The van der Waals surface area contributed by atoms with Gasteiger partial charge in [0.15, 0.2) is 0 Å². The van der Waals surface area contributed by atoms with Crippen molar-refractivity contribution in [2.75, 3.05) is 19.7 Å². The number of nitrogens with zero attached hydrogens (tertiary/aromatic N) is 1. The molecule has 1 unspecified atom stereocenters. The van der Waals surface area contributed by atoms with Gasteiger partial charge in [-0.3, -0.25) is 0 Å². The SMILES string of the molecule is CCOC(=O)N1CC(C(C)C)NCC1(C)C. The summed E-state index contributed by atoms with van der Waals surface area (Å²) in [4.78, 5) is 13.7. The summed E-state index contributed by atoms with van der Waals surface area (Å²) in [5.41, 5.74) is -0.169. The van der Waals surface area contributed by atoms with Crippen molar-refractivity contribution in [3.63, 3.8) is 0 Å². The zero-order valence-corrected chi connectivity index (χ0v) is 11.0. The van der Waals surface area contributed by atoms with Crippen LogP contribution in [-0.4, -0.2) is 42.3 Å². The maximum absolute atomic E-state index is 11.9. The molecule has 0 spiro atoms. The molecule has 1 heterocycles. The zero-order valence-electron chi connectivity index (χ0n) is 11.0. The van der Waals surface area contributed by atoms with Gasteiger partial charge in [0.25, 0.3) is 0 Å². The van der Waals surface area contributed by atoms with E-state index in [-0.39, 0.29) is 11.6 Å². The molecule has 0 bridgehead atoms. The average Bonchev–Trinajstić information content (AvgIpc) is 2.16. The number of carbonyl (C=O) groups excluding carboxylic acids is 1. The lowest BCUT2D eigenvalue weighted by Crippen LogP contribution is -2.64. The summed E-state index contributed by atoms with van der Waals surface area (Å²) in [6.45, 7) is 12.3. The molecule has 0 aromatic carbocycles. The summed E-state index contributed by atoms with van der Waals surface area (Å²) in [6, 6.07) is 0.359. The molecular weight excluding hydrogens is 204 g/mol. The van der Waals surface area contributed by atoms with Gasteiger partial charge in [0.2, 0.25) is 0 Å². The van der Waals surface area contributed by atoms with E-state index in [9.17, 15) is 4.79 Å². The summed E-state index contributed by atoms with van der Waals surface area (Å²) >= 11 is 0. The molecule has 1 amide bonds. The molecule has 0 aromatic heterocycles. The van der Waals surface area contributed by atoms with Gasteiger partial charge in [-0.25, -0.2) is 4.79 Å². The minimum absolute atomic E-state index is 0.169. The Morgan fingerprint density at radius 1 is 1.56 bits per heavy atom. The van der Waals surface area contributed by atoms with Gasteiger partial charge in [-0.1, -0.05) is 13.8 Å². The second kappa shape index (κ2) is 5.04. The lowest BCUT2D eigenvalue weighted by molar-refractivity contribution is 0.0344. The Kier molecular flexibility index (Phi) is 4.19. The molecule has 0 radical (unpaired) electrons. The van der Waals surface area contributed by atoms with Crippen molar-refractivity contribution in [3.05, 3.63) is 0 Å². The Hall–Kier alpha value is -0.770. The molecule has 16 heavy (non-hydrogen) atoms. The van der Waals surface area contributed by atoms with Crippen LogP contribution in [0.2, 0.25) is 0 Å². The largest absolute Gasteiger partial charge is 0.450 e. The molecule has 1 saturated heterocycles. The first-order valence-electron chi connectivity index (χ1n) is 6.06. The fourth-order valence-corrected chi connectivity index (χ4v) is 1.95. The third-order valence-electron chi connectivity index (χ3n) is 3.20. The smallest absolute Gasteiger partial charge is 0.410 e. The lowest BCUT2D eigenvalue weighted by Gasteiger charge is -2.46. The van der Waals surface area contributed by atoms with Gasteiger partial charge < -0.3 is 15.0 Å². The molecular formula is C12H24N2O2. The molecule has 1 aliphatic rings. The maximum atomic E-state index is 11.9. The minimum atomic E-state index is -0.195. The third kappa shape index (κ3) is 2.88. The van der Waals surface area contributed by atoms with Crippen LogP contribution < -0.4 is 5.32 Å². The number of amides is 1. The number of hydrogen-bond donors (Lipinski definition) is 1.